The second kappa shape index (κ2) is 6.21. The maximum atomic E-state index is 13.2. The molecule has 0 bridgehead atoms. The molecule has 3 nitrogen and oxygen atoms in total. The molecule has 1 N–H and O–H groups in total. The minimum absolute atomic E-state index is 0.0591. The summed E-state index contributed by atoms with van der Waals surface area (Å²) in [5.41, 5.74) is 2.70. The zero-order chi connectivity index (χ0) is 13.8. The highest BCUT2D eigenvalue weighted by Crippen LogP contribution is 2.19. The first-order valence-corrected chi connectivity index (χ1v) is 6.82. The molecule has 19 heavy (non-hydrogen) atoms. The lowest BCUT2D eigenvalue weighted by atomic mass is 10.1. The van der Waals surface area contributed by atoms with E-state index in [9.17, 15) is 4.39 Å². The summed E-state index contributed by atoms with van der Waals surface area (Å²) in [6.45, 7) is 4.51. The van der Waals surface area contributed by atoms with Gasteiger partial charge in [-0.2, -0.15) is 0 Å². The molecule has 0 radical (unpaired) electrons. The lowest BCUT2D eigenvalue weighted by Gasteiger charge is -2.15. The monoisotopic (exact) mass is 323 g/mol. The van der Waals surface area contributed by atoms with Gasteiger partial charge in [0, 0.05) is 29.5 Å². The van der Waals surface area contributed by atoms with E-state index in [1.165, 1.54) is 12.1 Å². The molecule has 1 heterocycles. The van der Waals surface area contributed by atoms with Gasteiger partial charge in [-0.3, -0.25) is 9.97 Å². The molecule has 0 spiro atoms. The molecule has 0 aliphatic rings. The summed E-state index contributed by atoms with van der Waals surface area (Å²) < 4.78 is 14.1. The van der Waals surface area contributed by atoms with E-state index in [1.54, 1.807) is 18.5 Å². The van der Waals surface area contributed by atoms with Gasteiger partial charge in [-0.05, 0) is 37.6 Å². The van der Waals surface area contributed by atoms with E-state index in [2.05, 4.69) is 31.2 Å². The number of hydrogen-bond donors (Lipinski definition) is 1. The molecule has 0 aliphatic carbocycles. The first kappa shape index (κ1) is 14.1. The van der Waals surface area contributed by atoms with E-state index >= 15 is 0 Å². The maximum Gasteiger partial charge on any atom is 0.123 e. The van der Waals surface area contributed by atoms with Gasteiger partial charge in [0.1, 0.15) is 5.82 Å². The Morgan fingerprint density at radius 1 is 1.32 bits per heavy atom. The summed E-state index contributed by atoms with van der Waals surface area (Å²) in [5, 5.41) is 3.32. The third-order valence-electron chi connectivity index (χ3n) is 2.94. The lowest BCUT2D eigenvalue weighted by molar-refractivity contribution is 0.551. The van der Waals surface area contributed by atoms with Crippen LogP contribution in [0.1, 0.15) is 29.9 Å². The number of hydrogen-bond acceptors (Lipinski definition) is 3. The van der Waals surface area contributed by atoms with Crippen molar-refractivity contribution in [2.24, 2.45) is 0 Å². The standard InChI is InChI=1S/C14H15BrFN3/c1-9-14(18-6-5-17-9)10(2)19-8-11-7-12(16)3-4-13(11)15/h3-7,10,19H,8H2,1-2H3. The molecular formula is C14H15BrFN3. The summed E-state index contributed by atoms with van der Waals surface area (Å²) in [4.78, 5) is 8.53. The predicted octanol–water partition coefficient (Wildman–Crippen LogP) is 3.54. The Morgan fingerprint density at radius 3 is 2.79 bits per heavy atom. The van der Waals surface area contributed by atoms with Crippen LogP contribution in [0.3, 0.4) is 0 Å². The Labute approximate surface area is 120 Å². The molecule has 0 saturated heterocycles. The molecule has 2 aromatic rings. The van der Waals surface area contributed by atoms with Crippen LogP contribution >= 0.6 is 15.9 Å². The van der Waals surface area contributed by atoms with E-state index in [4.69, 9.17) is 0 Å². The third kappa shape index (κ3) is 3.58. The lowest BCUT2D eigenvalue weighted by Crippen LogP contribution is -2.20. The number of halogens is 2. The quantitative estimate of drug-likeness (QED) is 0.935. The first-order valence-electron chi connectivity index (χ1n) is 6.02. The Balaban J connectivity index is 2.06. The Morgan fingerprint density at radius 2 is 2.05 bits per heavy atom. The molecule has 1 aromatic carbocycles. The number of aromatic nitrogens is 2. The smallest absolute Gasteiger partial charge is 0.123 e. The van der Waals surface area contributed by atoms with Gasteiger partial charge in [0.05, 0.1) is 11.4 Å². The summed E-state index contributed by atoms with van der Waals surface area (Å²) in [7, 11) is 0. The van der Waals surface area contributed by atoms with Crippen LogP contribution in [0.5, 0.6) is 0 Å². The minimum Gasteiger partial charge on any atom is -0.305 e. The van der Waals surface area contributed by atoms with E-state index in [0.717, 1.165) is 21.4 Å². The fourth-order valence-corrected chi connectivity index (χ4v) is 2.27. The molecule has 0 aliphatic heterocycles. The maximum absolute atomic E-state index is 13.2. The van der Waals surface area contributed by atoms with Gasteiger partial charge in [0.2, 0.25) is 0 Å². The van der Waals surface area contributed by atoms with Gasteiger partial charge in [0.25, 0.3) is 0 Å². The van der Waals surface area contributed by atoms with Crippen LogP contribution in [0.2, 0.25) is 0 Å². The molecule has 0 fully saturated rings. The van der Waals surface area contributed by atoms with Gasteiger partial charge in [-0.1, -0.05) is 15.9 Å². The summed E-state index contributed by atoms with van der Waals surface area (Å²) in [6, 6.07) is 4.73. The van der Waals surface area contributed by atoms with Crippen LogP contribution in [0.15, 0.2) is 35.1 Å². The highest BCUT2D eigenvalue weighted by atomic mass is 79.9. The van der Waals surface area contributed by atoms with Gasteiger partial charge in [0.15, 0.2) is 0 Å². The normalized spacial score (nSPS) is 12.4. The highest BCUT2D eigenvalue weighted by molar-refractivity contribution is 9.10. The van der Waals surface area contributed by atoms with Crippen molar-refractivity contribution in [2.75, 3.05) is 0 Å². The van der Waals surface area contributed by atoms with Crippen molar-refractivity contribution in [2.45, 2.75) is 26.4 Å². The zero-order valence-corrected chi connectivity index (χ0v) is 12.4. The summed E-state index contributed by atoms with van der Waals surface area (Å²) in [5.74, 6) is -0.233. The van der Waals surface area contributed by atoms with Crippen LogP contribution < -0.4 is 5.32 Å². The molecular weight excluding hydrogens is 309 g/mol. The average Bonchev–Trinajstić information content (AvgIpc) is 2.40. The van der Waals surface area contributed by atoms with Crippen molar-refractivity contribution in [3.63, 3.8) is 0 Å². The summed E-state index contributed by atoms with van der Waals surface area (Å²) >= 11 is 3.42. The molecule has 100 valence electrons. The summed E-state index contributed by atoms with van der Waals surface area (Å²) in [6.07, 6.45) is 3.35. The average molecular weight is 324 g/mol. The predicted molar refractivity (Wildman–Crippen MR) is 76.1 cm³/mol. The van der Waals surface area contributed by atoms with Gasteiger partial charge in [-0.25, -0.2) is 4.39 Å². The number of nitrogens with one attached hydrogen (secondary N) is 1. The van der Waals surface area contributed by atoms with Crippen molar-refractivity contribution in [3.8, 4) is 0 Å². The van der Waals surface area contributed by atoms with E-state index in [0.29, 0.717) is 6.54 Å². The molecule has 5 heteroatoms. The number of rotatable bonds is 4. The van der Waals surface area contributed by atoms with Crippen molar-refractivity contribution < 1.29 is 4.39 Å². The van der Waals surface area contributed by atoms with Crippen LogP contribution in [-0.4, -0.2) is 9.97 Å². The van der Waals surface area contributed by atoms with E-state index < -0.39 is 0 Å². The fraction of sp³-hybridized carbons (Fsp3) is 0.286. The Bertz CT molecular complexity index is 574. The van der Waals surface area contributed by atoms with Crippen molar-refractivity contribution in [1.82, 2.24) is 15.3 Å². The van der Waals surface area contributed by atoms with Crippen molar-refractivity contribution in [1.29, 1.82) is 0 Å². The molecule has 0 amide bonds. The second-order valence-electron chi connectivity index (χ2n) is 4.37. The van der Waals surface area contributed by atoms with Crippen LogP contribution in [0.25, 0.3) is 0 Å². The van der Waals surface area contributed by atoms with Crippen molar-refractivity contribution >= 4 is 15.9 Å². The highest BCUT2D eigenvalue weighted by Gasteiger charge is 2.11. The molecule has 1 atom stereocenters. The van der Waals surface area contributed by atoms with E-state index in [-0.39, 0.29) is 11.9 Å². The van der Waals surface area contributed by atoms with Gasteiger partial charge in [-0.15, -0.1) is 0 Å². The number of benzene rings is 1. The Hall–Kier alpha value is -1.33. The second-order valence-corrected chi connectivity index (χ2v) is 5.22. The topological polar surface area (TPSA) is 37.8 Å². The molecule has 1 unspecified atom stereocenters. The molecule has 0 saturated carbocycles. The largest absolute Gasteiger partial charge is 0.305 e. The zero-order valence-electron chi connectivity index (χ0n) is 10.8. The Kier molecular flexibility index (Phi) is 4.61. The first-order chi connectivity index (χ1) is 9.08. The van der Waals surface area contributed by atoms with Crippen LogP contribution in [0.4, 0.5) is 4.39 Å². The number of aryl methyl sites for hydroxylation is 1. The molecule has 1 aromatic heterocycles. The minimum atomic E-state index is -0.233. The number of nitrogens with zero attached hydrogens (tertiary/aromatic N) is 2. The van der Waals surface area contributed by atoms with Crippen LogP contribution in [-0.2, 0) is 6.54 Å². The van der Waals surface area contributed by atoms with E-state index in [1.807, 2.05) is 13.8 Å². The molecule has 2 rings (SSSR count). The third-order valence-corrected chi connectivity index (χ3v) is 3.71. The fourth-order valence-electron chi connectivity index (χ4n) is 1.88. The van der Waals surface area contributed by atoms with Crippen LogP contribution in [0, 0.1) is 12.7 Å². The van der Waals surface area contributed by atoms with Gasteiger partial charge >= 0.3 is 0 Å². The van der Waals surface area contributed by atoms with Crippen molar-refractivity contribution in [3.05, 3.63) is 57.8 Å². The van der Waals surface area contributed by atoms with Gasteiger partial charge < -0.3 is 5.32 Å². The SMILES string of the molecule is Cc1nccnc1C(C)NCc1cc(F)ccc1Br.